The van der Waals surface area contributed by atoms with Crippen molar-refractivity contribution >= 4 is 11.8 Å². The summed E-state index contributed by atoms with van der Waals surface area (Å²) in [5.74, 6) is 0.996. The van der Waals surface area contributed by atoms with Crippen molar-refractivity contribution in [1.29, 1.82) is 0 Å². The van der Waals surface area contributed by atoms with E-state index in [9.17, 15) is 14.7 Å². The zero-order valence-electron chi connectivity index (χ0n) is 18.1. The standard InChI is InChI=1S/C25H34O4/c1-5-22(28)29-14-21(27)23-15(2)12-20-18-7-6-16-13-17(26)8-10-24(16,3)19(18)9-11-25(20,23)4/h8-10,13,15,17-18,20,23,26H,5-7,11-12,14H2,1-4H3/t15-,17?,18?,20?,23-,24+,25+/m1/s1. The first-order chi connectivity index (χ1) is 13.7. The molecular formula is C25H34O4. The highest BCUT2D eigenvalue weighted by Gasteiger charge is 2.59. The summed E-state index contributed by atoms with van der Waals surface area (Å²) in [5, 5.41) is 10.0. The van der Waals surface area contributed by atoms with Crippen LogP contribution in [0.4, 0.5) is 0 Å². The van der Waals surface area contributed by atoms with Gasteiger partial charge in [-0.2, -0.15) is 0 Å². The second-order valence-corrected chi connectivity index (χ2v) is 10.0. The highest BCUT2D eigenvalue weighted by Crippen LogP contribution is 2.65. The summed E-state index contributed by atoms with van der Waals surface area (Å²) < 4.78 is 5.20. The Balaban J connectivity index is 1.62. The summed E-state index contributed by atoms with van der Waals surface area (Å²) in [6, 6.07) is 0. The van der Waals surface area contributed by atoms with Crippen LogP contribution in [-0.4, -0.2) is 29.6 Å². The molecule has 4 rings (SSSR count). The summed E-state index contributed by atoms with van der Waals surface area (Å²) in [6.45, 7) is 8.43. The van der Waals surface area contributed by atoms with Crippen molar-refractivity contribution in [2.45, 2.75) is 65.9 Å². The minimum absolute atomic E-state index is 0.0524. The molecule has 29 heavy (non-hydrogen) atoms. The number of hydrogen-bond acceptors (Lipinski definition) is 4. The van der Waals surface area contributed by atoms with Gasteiger partial charge >= 0.3 is 5.97 Å². The lowest BCUT2D eigenvalue weighted by molar-refractivity contribution is -0.150. The molecule has 0 radical (unpaired) electrons. The van der Waals surface area contributed by atoms with E-state index in [1.54, 1.807) is 6.92 Å². The molecule has 0 saturated heterocycles. The van der Waals surface area contributed by atoms with Gasteiger partial charge in [-0.3, -0.25) is 9.59 Å². The second-order valence-electron chi connectivity index (χ2n) is 10.0. The normalized spacial score (nSPS) is 42.9. The van der Waals surface area contributed by atoms with Crippen LogP contribution >= 0.6 is 0 Å². The van der Waals surface area contributed by atoms with Crippen LogP contribution in [0.25, 0.3) is 0 Å². The van der Waals surface area contributed by atoms with Crippen molar-refractivity contribution in [1.82, 2.24) is 0 Å². The molecule has 158 valence electrons. The SMILES string of the molecule is CCC(=O)OCC(=O)[C@H]1[C@H](C)CC2C3CCC4=CC(O)C=C[C@]4(C)C3=CC[C@@]21C. The van der Waals surface area contributed by atoms with Crippen molar-refractivity contribution < 1.29 is 19.4 Å². The Kier molecular flexibility index (Phi) is 5.13. The molecule has 0 heterocycles. The summed E-state index contributed by atoms with van der Waals surface area (Å²) in [5.41, 5.74) is 2.66. The third-order valence-electron chi connectivity index (χ3n) is 8.40. The highest BCUT2D eigenvalue weighted by molar-refractivity contribution is 5.85. The third kappa shape index (κ3) is 3.15. The lowest BCUT2D eigenvalue weighted by atomic mass is 9.52. The van der Waals surface area contributed by atoms with Crippen LogP contribution in [0.2, 0.25) is 0 Å². The number of aliphatic hydroxyl groups is 1. The van der Waals surface area contributed by atoms with Crippen LogP contribution in [0.15, 0.2) is 35.5 Å². The van der Waals surface area contributed by atoms with Gasteiger partial charge in [0.2, 0.25) is 0 Å². The number of allylic oxidation sites excluding steroid dienone is 4. The monoisotopic (exact) mass is 398 g/mol. The van der Waals surface area contributed by atoms with Crippen LogP contribution in [-0.2, 0) is 14.3 Å². The number of carbonyl (C=O) groups is 2. The molecule has 3 unspecified atom stereocenters. The molecule has 0 aromatic heterocycles. The highest BCUT2D eigenvalue weighted by atomic mass is 16.5. The molecule has 4 heteroatoms. The lowest BCUT2D eigenvalue weighted by Crippen LogP contribution is -2.45. The molecular weight excluding hydrogens is 364 g/mol. The summed E-state index contributed by atoms with van der Waals surface area (Å²) in [4.78, 5) is 24.6. The first kappa shape index (κ1) is 20.6. The Morgan fingerprint density at radius 1 is 1.31 bits per heavy atom. The Morgan fingerprint density at radius 2 is 2.07 bits per heavy atom. The predicted octanol–water partition coefficient (Wildman–Crippen LogP) is 4.39. The number of ether oxygens (including phenoxy) is 1. The van der Waals surface area contributed by atoms with E-state index in [-0.39, 0.29) is 35.1 Å². The van der Waals surface area contributed by atoms with Gasteiger partial charge in [-0.15, -0.1) is 0 Å². The fraction of sp³-hybridized carbons (Fsp3) is 0.680. The molecule has 4 aliphatic carbocycles. The van der Waals surface area contributed by atoms with Gasteiger partial charge in [-0.05, 0) is 55.8 Å². The van der Waals surface area contributed by atoms with Gasteiger partial charge in [-0.1, -0.05) is 56.2 Å². The number of Topliss-reactive ketones (excluding diaryl/α,β-unsaturated/α-hetero) is 1. The Bertz CT molecular complexity index is 806. The maximum Gasteiger partial charge on any atom is 0.305 e. The maximum absolute atomic E-state index is 13.1. The van der Waals surface area contributed by atoms with E-state index in [1.165, 1.54) is 11.1 Å². The second kappa shape index (κ2) is 7.23. The quantitative estimate of drug-likeness (QED) is 0.563. The Hall–Kier alpha value is -1.68. The Labute approximate surface area is 174 Å². The van der Waals surface area contributed by atoms with Gasteiger partial charge in [0.25, 0.3) is 0 Å². The Morgan fingerprint density at radius 3 is 2.79 bits per heavy atom. The largest absolute Gasteiger partial charge is 0.458 e. The van der Waals surface area contributed by atoms with Crippen LogP contribution < -0.4 is 0 Å². The third-order valence-corrected chi connectivity index (χ3v) is 8.40. The van der Waals surface area contributed by atoms with Gasteiger partial charge in [0.05, 0.1) is 6.10 Å². The van der Waals surface area contributed by atoms with E-state index >= 15 is 0 Å². The molecule has 2 fully saturated rings. The van der Waals surface area contributed by atoms with Crippen LogP contribution in [0.5, 0.6) is 0 Å². The van der Waals surface area contributed by atoms with Crippen molar-refractivity contribution in [3.05, 3.63) is 35.5 Å². The summed E-state index contributed by atoms with van der Waals surface area (Å²) in [7, 11) is 0. The number of hydrogen-bond donors (Lipinski definition) is 1. The van der Waals surface area contributed by atoms with Crippen molar-refractivity contribution in [3.63, 3.8) is 0 Å². The molecule has 0 aromatic carbocycles. The average Bonchev–Trinajstić information content (AvgIpc) is 2.96. The van der Waals surface area contributed by atoms with E-state index in [1.807, 2.05) is 12.2 Å². The molecule has 4 aliphatic rings. The van der Waals surface area contributed by atoms with Crippen LogP contribution in [0.1, 0.15) is 59.8 Å². The van der Waals surface area contributed by atoms with Crippen molar-refractivity contribution in [2.75, 3.05) is 6.61 Å². The van der Waals surface area contributed by atoms with Gasteiger partial charge in [-0.25, -0.2) is 0 Å². The van der Waals surface area contributed by atoms with Crippen molar-refractivity contribution in [3.8, 4) is 0 Å². The van der Waals surface area contributed by atoms with Gasteiger partial charge in [0, 0.05) is 17.8 Å². The average molecular weight is 399 g/mol. The van der Waals surface area contributed by atoms with Crippen molar-refractivity contribution in [2.24, 2.45) is 34.5 Å². The molecule has 0 aliphatic heterocycles. The van der Waals surface area contributed by atoms with Crippen LogP contribution in [0, 0.1) is 34.5 Å². The minimum Gasteiger partial charge on any atom is -0.458 e. The van der Waals surface area contributed by atoms with E-state index in [4.69, 9.17) is 4.74 Å². The van der Waals surface area contributed by atoms with Crippen LogP contribution in [0.3, 0.4) is 0 Å². The first-order valence-electron chi connectivity index (χ1n) is 11.2. The van der Waals surface area contributed by atoms with Gasteiger partial charge in [0.1, 0.15) is 6.61 Å². The number of rotatable bonds is 4. The van der Waals surface area contributed by atoms with E-state index in [2.05, 4.69) is 32.9 Å². The number of esters is 1. The molecule has 0 amide bonds. The topological polar surface area (TPSA) is 63.6 Å². The summed E-state index contributed by atoms with van der Waals surface area (Å²) >= 11 is 0. The van der Waals surface area contributed by atoms with E-state index in [0.29, 0.717) is 24.2 Å². The number of ketones is 1. The lowest BCUT2D eigenvalue weighted by Gasteiger charge is -2.52. The predicted molar refractivity (Wildman–Crippen MR) is 112 cm³/mol. The zero-order chi connectivity index (χ0) is 21.0. The first-order valence-corrected chi connectivity index (χ1v) is 11.2. The molecule has 2 saturated carbocycles. The number of aliphatic hydroxyl groups excluding tert-OH is 1. The zero-order valence-corrected chi connectivity index (χ0v) is 18.1. The molecule has 0 spiro atoms. The minimum atomic E-state index is -0.469. The fourth-order valence-electron chi connectivity index (χ4n) is 7.04. The number of fused-ring (bicyclic) bond motifs is 5. The molecule has 0 aromatic rings. The van der Waals surface area contributed by atoms with Gasteiger partial charge < -0.3 is 9.84 Å². The molecule has 1 N–H and O–H groups in total. The molecule has 0 bridgehead atoms. The van der Waals surface area contributed by atoms with Gasteiger partial charge in [0.15, 0.2) is 5.78 Å². The smallest absolute Gasteiger partial charge is 0.305 e. The molecule has 7 atom stereocenters. The number of carbonyl (C=O) groups excluding carboxylic acids is 2. The summed E-state index contributed by atoms with van der Waals surface area (Å²) in [6.07, 6.45) is 12.4. The molecule has 4 nitrogen and oxygen atoms in total. The van der Waals surface area contributed by atoms with E-state index < -0.39 is 6.10 Å². The van der Waals surface area contributed by atoms with E-state index in [0.717, 1.165) is 25.7 Å². The fourth-order valence-corrected chi connectivity index (χ4v) is 7.04. The maximum atomic E-state index is 13.1.